The lowest BCUT2D eigenvalue weighted by Gasteiger charge is -2.39. The average molecular weight is 917 g/mol. The van der Waals surface area contributed by atoms with E-state index in [0.717, 1.165) is 20.0 Å². The van der Waals surface area contributed by atoms with Crippen molar-refractivity contribution >= 4 is 44.0 Å². The number of unbranched alkanes of at least 4 members (excludes halogenated alkanes) is 3. The zero-order valence-electron chi connectivity index (χ0n) is 35.6. The SMILES string of the molecule is COP(=O)(O)OCCCCCCNC(=O)CCCC(=O)NC(COCCC=O)(COCCC=O)COCCC(=O)NCCCNC(=O)CCCO[C@@H]1OC(CO)[C@@H](O)[C@H](O)C1O. The summed E-state index contributed by atoms with van der Waals surface area (Å²) in [6.45, 7) is 0.156. The van der Waals surface area contributed by atoms with Gasteiger partial charge in [0.05, 0.1) is 59.5 Å². The van der Waals surface area contributed by atoms with Crippen LogP contribution in [-0.2, 0) is 66.1 Å². The molecule has 0 aromatic heterocycles. The van der Waals surface area contributed by atoms with E-state index in [-0.39, 0.29) is 135 Å². The number of aldehydes is 2. The summed E-state index contributed by atoms with van der Waals surface area (Å²) in [6.07, 6.45) is -1.62. The second kappa shape index (κ2) is 34.4. The fraction of sp³-hybridized carbons (Fsp3) is 0.842. The van der Waals surface area contributed by atoms with Crippen LogP contribution in [0.4, 0.5) is 0 Å². The van der Waals surface area contributed by atoms with Crippen molar-refractivity contribution in [3.8, 4) is 0 Å². The standard InChI is InChI=1S/C38H69N4O19P/c1-55-62(53,54)60-23-5-3-2-4-15-39-30(46)11-6-12-33(49)42-38(26-56-20-9-18-43,27-57-21-10-19-44)28-58-24-14-32(48)41-17-8-16-40-31(47)13-7-22-59-37-36(52)35(51)34(50)29(25-45)61-37/h18-19,29,34-37,45,50-52H,2-17,20-28H2,1H3,(H,39,46)(H,40,47)(H,41,48)(H,42,49)(H,53,54)/t29?,34-,35+,36?,37-/m1/s1. The van der Waals surface area contributed by atoms with Crippen molar-refractivity contribution in [2.24, 2.45) is 0 Å². The summed E-state index contributed by atoms with van der Waals surface area (Å²) in [6, 6.07) is 0. The van der Waals surface area contributed by atoms with Crippen LogP contribution in [0.2, 0.25) is 0 Å². The number of phosphoric ester groups is 1. The van der Waals surface area contributed by atoms with E-state index >= 15 is 0 Å². The Hall–Kier alpha value is -3.03. The van der Waals surface area contributed by atoms with Gasteiger partial charge in [-0.05, 0) is 32.1 Å². The molecule has 0 bridgehead atoms. The molecule has 0 aromatic rings. The summed E-state index contributed by atoms with van der Waals surface area (Å²) >= 11 is 0. The van der Waals surface area contributed by atoms with E-state index in [9.17, 15) is 58.7 Å². The first-order valence-corrected chi connectivity index (χ1v) is 22.4. The van der Waals surface area contributed by atoms with Gasteiger partial charge < -0.3 is 79.9 Å². The number of aliphatic hydroxyl groups excluding tert-OH is 4. The zero-order valence-corrected chi connectivity index (χ0v) is 36.5. The minimum atomic E-state index is -3.99. The summed E-state index contributed by atoms with van der Waals surface area (Å²) < 4.78 is 48.1. The fourth-order valence-corrected chi connectivity index (χ4v) is 6.18. The smallest absolute Gasteiger partial charge is 0.394 e. The maximum Gasteiger partial charge on any atom is 0.471 e. The van der Waals surface area contributed by atoms with Gasteiger partial charge in [-0.15, -0.1) is 0 Å². The summed E-state index contributed by atoms with van der Waals surface area (Å²) in [4.78, 5) is 81.1. The zero-order chi connectivity index (χ0) is 46.1. The van der Waals surface area contributed by atoms with Crippen molar-refractivity contribution in [1.82, 2.24) is 21.3 Å². The Morgan fingerprint density at radius 1 is 0.645 bits per heavy atom. The number of carbonyl (C=O) groups is 6. The van der Waals surface area contributed by atoms with Gasteiger partial charge in [-0.2, -0.15) is 0 Å². The van der Waals surface area contributed by atoms with Crippen molar-refractivity contribution in [3.63, 3.8) is 0 Å². The number of nitrogens with one attached hydrogen (secondary N) is 4. The molecule has 0 spiro atoms. The first kappa shape index (κ1) is 57.0. The Morgan fingerprint density at radius 3 is 1.76 bits per heavy atom. The van der Waals surface area contributed by atoms with Gasteiger partial charge in [-0.25, -0.2) is 4.57 Å². The molecule has 0 saturated carbocycles. The van der Waals surface area contributed by atoms with Crippen LogP contribution in [0, 0.1) is 0 Å². The molecule has 360 valence electrons. The van der Waals surface area contributed by atoms with E-state index in [1.165, 1.54) is 0 Å². The highest BCUT2D eigenvalue weighted by atomic mass is 31.2. The molecule has 1 rings (SSSR count). The van der Waals surface area contributed by atoms with Gasteiger partial charge in [-0.1, -0.05) is 12.8 Å². The largest absolute Gasteiger partial charge is 0.471 e. The molecule has 1 aliphatic rings. The van der Waals surface area contributed by atoms with Gasteiger partial charge in [-0.3, -0.25) is 28.2 Å². The van der Waals surface area contributed by atoms with Crippen LogP contribution in [-0.4, -0.2) is 184 Å². The molecule has 1 fully saturated rings. The third-order valence-corrected chi connectivity index (χ3v) is 10.1. The third-order valence-electron chi connectivity index (χ3n) is 9.14. The van der Waals surface area contributed by atoms with Crippen molar-refractivity contribution in [1.29, 1.82) is 0 Å². The third kappa shape index (κ3) is 26.6. The first-order valence-electron chi connectivity index (χ1n) is 20.9. The number of carbonyl (C=O) groups excluding carboxylic acids is 6. The fourth-order valence-electron chi connectivity index (χ4n) is 5.72. The average Bonchev–Trinajstić information content (AvgIpc) is 3.24. The summed E-state index contributed by atoms with van der Waals surface area (Å²) in [5, 5.41) is 50.1. The first-order chi connectivity index (χ1) is 29.7. The van der Waals surface area contributed by atoms with E-state index in [2.05, 4.69) is 25.8 Å². The monoisotopic (exact) mass is 916 g/mol. The van der Waals surface area contributed by atoms with E-state index in [0.29, 0.717) is 38.4 Å². The minimum Gasteiger partial charge on any atom is -0.394 e. The molecule has 9 N–H and O–H groups in total. The Balaban J connectivity index is 2.45. The molecule has 0 aliphatic carbocycles. The number of amides is 4. The molecule has 1 aliphatic heterocycles. The Morgan fingerprint density at radius 2 is 1.18 bits per heavy atom. The molecule has 23 nitrogen and oxygen atoms in total. The van der Waals surface area contributed by atoms with E-state index < -0.39 is 56.6 Å². The molecular formula is C38H69N4O19P. The molecule has 6 atom stereocenters. The van der Waals surface area contributed by atoms with Crippen molar-refractivity contribution in [2.45, 2.75) is 120 Å². The van der Waals surface area contributed by atoms with Crippen LogP contribution in [0.1, 0.15) is 83.5 Å². The van der Waals surface area contributed by atoms with Gasteiger partial charge >= 0.3 is 7.82 Å². The van der Waals surface area contributed by atoms with E-state index in [1.54, 1.807) is 0 Å². The Labute approximate surface area is 362 Å². The molecule has 4 amide bonds. The number of phosphoric acid groups is 1. The number of ether oxygens (including phenoxy) is 5. The molecule has 1 saturated heterocycles. The molecular weight excluding hydrogens is 847 g/mol. The molecule has 3 unspecified atom stereocenters. The van der Waals surface area contributed by atoms with E-state index in [4.69, 9.17) is 28.2 Å². The molecule has 0 radical (unpaired) electrons. The van der Waals surface area contributed by atoms with Gasteiger partial charge in [0.2, 0.25) is 23.6 Å². The van der Waals surface area contributed by atoms with Crippen LogP contribution < -0.4 is 21.3 Å². The van der Waals surface area contributed by atoms with Crippen molar-refractivity contribution in [2.75, 3.05) is 86.2 Å². The number of hydrogen-bond donors (Lipinski definition) is 9. The van der Waals surface area contributed by atoms with Crippen LogP contribution in [0.3, 0.4) is 0 Å². The van der Waals surface area contributed by atoms with Crippen molar-refractivity contribution in [3.05, 3.63) is 0 Å². The predicted molar refractivity (Wildman–Crippen MR) is 217 cm³/mol. The number of rotatable bonds is 39. The summed E-state index contributed by atoms with van der Waals surface area (Å²) in [5.74, 6) is -1.26. The quantitative estimate of drug-likeness (QED) is 0.0188. The second-order valence-electron chi connectivity index (χ2n) is 14.5. The Bertz CT molecular complexity index is 1320. The number of aliphatic hydroxyl groups is 4. The molecule has 1 heterocycles. The highest BCUT2D eigenvalue weighted by molar-refractivity contribution is 7.47. The van der Waals surface area contributed by atoms with Gasteiger partial charge in [0.15, 0.2) is 6.29 Å². The Kier molecular flexibility index (Phi) is 31.6. The van der Waals surface area contributed by atoms with Crippen LogP contribution in [0.15, 0.2) is 0 Å². The van der Waals surface area contributed by atoms with Gasteiger partial charge in [0.1, 0.15) is 42.5 Å². The minimum absolute atomic E-state index is 0.00149. The second-order valence-corrected chi connectivity index (χ2v) is 16.0. The lowest BCUT2D eigenvalue weighted by atomic mass is 9.99. The highest BCUT2D eigenvalue weighted by Gasteiger charge is 2.44. The summed E-state index contributed by atoms with van der Waals surface area (Å²) in [5.41, 5.74) is -1.26. The van der Waals surface area contributed by atoms with Crippen LogP contribution in [0.5, 0.6) is 0 Å². The molecule has 62 heavy (non-hydrogen) atoms. The highest BCUT2D eigenvalue weighted by Crippen LogP contribution is 2.41. The summed E-state index contributed by atoms with van der Waals surface area (Å²) in [7, 11) is -2.90. The predicted octanol–water partition coefficient (Wildman–Crippen LogP) is -1.71. The lowest BCUT2D eigenvalue weighted by molar-refractivity contribution is -0.301. The topological polar surface area (TPSA) is 333 Å². The van der Waals surface area contributed by atoms with E-state index in [1.807, 2.05) is 0 Å². The van der Waals surface area contributed by atoms with Crippen molar-refractivity contribution < 1.29 is 91.4 Å². The van der Waals surface area contributed by atoms with Gasteiger partial charge in [0, 0.05) is 65.3 Å². The normalized spacial score (nSPS) is 19.9. The van der Waals surface area contributed by atoms with Crippen LogP contribution >= 0.6 is 7.82 Å². The maximum absolute atomic E-state index is 13.1. The molecule has 24 heteroatoms. The molecule has 0 aromatic carbocycles. The van der Waals surface area contributed by atoms with Crippen LogP contribution in [0.25, 0.3) is 0 Å². The lowest BCUT2D eigenvalue weighted by Crippen LogP contribution is -2.59. The van der Waals surface area contributed by atoms with Gasteiger partial charge in [0.25, 0.3) is 0 Å². The number of hydrogen-bond acceptors (Lipinski definition) is 18. The maximum atomic E-state index is 13.1.